The van der Waals surface area contributed by atoms with E-state index in [2.05, 4.69) is 21.2 Å². The summed E-state index contributed by atoms with van der Waals surface area (Å²) in [7, 11) is 0. The second-order valence-electron chi connectivity index (χ2n) is 4.19. The Kier molecular flexibility index (Phi) is 5.11. The zero-order valence-electron chi connectivity index (χ0n) is 10.5. The number of nitro groups is 1. The average molecular weight is 356 g/mol. The predicted octanol–water partition coefficient (Wildman–Crippen LogP) is 4.30. The number of benzene rings is 2. The van der Waals surface area contributed by atoms with Crippen LogP contribution in [0.1, 0.15) is 11.1 Å². The molecular formula is C14H12BrClN2O2. The fourth-order valence-corrected chi connectivity index (χ4v) is 2.52. The highest BCUT2D eigenvalue weighted by Crippen LogP contribution is 2.26. The van der Waals surface area contributed by atoms with E-state index < -0.39 is 4.92 Å². The second kappa shape index (κ2) is 6.83. The molecule has 0 aliphatic carbocycles. The van der Waals surface area contributed by atoms with E-state index in [1.165, 1.54) is 6.07 Å². The number of nitrogens with zero attached hydrogens (tertiary/aromatic N) is 1. The summed E-state index contributed by atoms with van der Waals surface area (Å²) in [6.45, 7) is 0.946. The van der Waals surface area contributed by atoms with E-state index in [4.69, 9.17) is 11.6 Å². The van der Waals surface area contributed by atoms with Gasteiger partial charge in [-0.05, 0) is 17.7 Å². The average Bonchev–Trinajstić information content (AvgIpc) is 2.42. The van der Waals surface area contributed by atoms with Crippen molar-refractivity contribution in [2.75, 3.05) is 0 Å². The van der Waals surface area contributed by atoms with Crippen LogP contribution < -0.4 is 5.32 Å². The van der Waals surface area contributed by atoms with Gasteiger partial charge in [-0.25, -0.2) is 0 Å². The van der Waals surface area contributed by atoms with Gasteiger partial charge in [-0.15, -0.1) is 0 Å². The molecule has 0 saturated heterocycles. The normalized spacial score (nSPS) is 10.5. The van der Waals surface area contributed by atoms with Crippen molar-refractivity contribution in [1.82, 2.24) is 5.32 Å². The minimum Gasteiger partial charge on any atom is -0.308 e. The fraction of sp³-hybridized carbons (Fsp3) is 0.143. The number of rotatable bonds is 5. The third-order valence-corrected chi connectivity index (χ3v) is 3.99. The largest absolute Gasteiger partial charge is 0.308 e. The lowest BCUT2D eigenvalue weighted by Gasteiger charge is -2.08. The van der Waals surface area contributed by atoms with E-state index in [0.717, 1.165) is 10.0 Å². The fourth-order valence-electron chi connectivity index (χ4n) is 1.86. The van der Waals surface area contributed by atoms with Crippen LogP contribution in [0, 0.1) is 10.1 Å². The van der Waals surface area contributed by atoms with Gasteiger partial charge in [0.2, 0.25) is 0 Å². The van der Waals surface area contributed by atoms with E-state index in [1.54, 1.807) is 12.1 Å². The second-order valence-corrected chi connectivity index (χ2v) is 5.45. The summed E-state index contributed by atoms with van der Waals surface area (Å²) in [5, 5.41) is 14.6. The topological polar surface area (TPSA) is 55.2 Å². The highest BCUT2D eigenvalue weighted by Gasteiger charge is 2.15. The van der Waals surface area contributed by atoms with Crippen LogP contribution in [0.2, 0.25) is 5.02 Å². The maximum atomic E-state index is 11.0. The van der Waals surface area contributed by atoms with Crippen molar-refractivity contribution in [3.63, 3.8) is 0 Å². The molecule has 0 aliphatic heterocycles. The molecule has 20 heavy (non-hydrogen) atoms. The number of nitro benzene ring substituents is 1. The molecule has 0 unspecified atom stereocenters. The highest BCUT2D eigenvalue weighted by molar-refractivity contribution is 9.10. The molecule has 0 fully saturated rings. The standard InChI is InChI=1S/C14H12BrClN2O2/c15-12-5-2-1-4-10(12)8-17-9-11-13(16)6-3-7-14(11)18(19)20/h1-7,17H,8-9H2. The van der Waals surface area contributed by atoms with Crippen LogP contribution in [-0.2, 0) is 13.1 Å². The molecule has 0 atom stereocenters. The third-order valence-electron chi connectivity index (χ3n) is 2.87. The van der Waals surface area contributed by atoms with Crippen LogP contribution in [0.15, 0.2) is 46.9 Å². The SMILES string of the molecule is O=[N+]([O-])c1cccc(Cl)c1CNCc1ccccc1Br. The van der Waals surface area contributed by atoms with Crippen LogP contribution >= 0.6 is 27.5 Å². The van der Waals surface area contributed by atoms with Gasteiger partial charge in [0.25, 0.3) is 5.69 Å². The van der Waals surface area contributed by atoms with Crippen molar-refractivity contribution >= 4 is 33.2 Å². The van der Waals surface area contributed by atoms with Gasteiger partial charge in [0, 0.05) is 23.6 Å². The molecule has 0 saturated carbocycles. The van der Waals surface area contributed by atoms with Crippen LogP contribution in [0.4, 0.5) is 5.69 Å². The Morgan fingerprint density at radius 2 is 1.90 bits per heavy atom. The zero-order chi connectivity index (χ0) is 14.5. The van der Waals surface area contributed by atoms with Crippen molar-refractivity contribution in [2.45, 2.75) is 13.1 Å². The molecule has 6 heteroatoms. The lowest BCUT2D eigenvalue weighted by atomic mass is 10.1. The van der Waals surface area contributed by atoms with Gasteiger partial charge in [0.05, 0.1) is 15.5 Å². The van der Waals surface area contributed by atoms with Crippen molar-refractivity contribution < 1.29 is 4.92 Å². The summed E-state index contributed by atoms with van der Waals surface area (Å²) in [4.78, 5) is 10.6. The molecule has 2 aromatic carbocycles. The first-order valence-corrected chi connectivity index (χ1v) is 7.12. The molecule has 1 N–H and O–H groups in total. The van der Waals surface area contributed by atoms with Gasteiger partial charge >= 0.3 is 0 Å². The van der Waals surface area contributed by atoms with Gasteiger partial charge in [0.15, 0.2) is 0 Å². The number of hydrogen-bond donors (Lipinski definition) is 1. The van der Waals surface area contributed by atoms with Crippen LogP contribution in [0.5, 0.6) is 0 Å². The molecule has 104 valence electrons. The minimum atomic E-state index is -0.415. The van der Waals surface area contributed by atoms with E-state index >= 15 is 0 Å². The Labute approximate surface area is 130 Å². The van der Waals surface area contributed by atoms with E-state index in [0.29, 0.717) is 23.7 Å². The number of nitrogens with one attached hydrogen (secondary N) is 1. The number of halogens is 2. The summed E-state index contributed by atoms with van der Waals surface area (Å²) >= 11 is 9.49. The van der Waals surface area contributed by atoms with Crippen molar-refractivity contribution in [3.8, 4) is 0 Å². The quantitative estimate of drug-likeness (QED) is 0.642. The molecule has 0 radical (unpaired) electrons. The molecular weight excluding hydrogens is 344 g/mol. The summed E-state index contributed by atoms with van der Waals surface area (Å²) in [5.74, 6) is 0. The maximum Gasteiger partial charge on any atom is 0.275 e. The molecule has 2 aromatic rings. The molecule has 0 amide bonds. The smallest absolute Gasteiger partial charge is 0.275 e. The molecule has 4 nitrogen and oxygen atoms in total. The van der Waals surface area contributed by atoms with Gasteiger partial charge < -0.3 is 5.32 Å². The maximum absolute atomic E-state index is 11.0. The molecule has 0 heterocycles. The summed E-state index contributed by atoms with van der Waals surface area (Å²) in [6, 6.07) is 12.5. The molecule has 2 rings (SSSR count). The van der Waals surface area contributed by atoms with E-state index in [1.807, 2.05) is 24.3 Å². The van der Waals surface area contributed by atoms with Crippen molar-refractivity contribution in [3.05, 3.63) is 73.2 Å². The monoisotopic (exact) mass is 354 g/mol. The van der Waals surface area contributed by atoms with Gasteiger partial charge in [0.1, 0.15) is 0 Å². The Morgan fingerprint density at radius 3 is 2.60 bits per heavy atom. The van der Waals surface area contributed by atoms with Crippen molar-refractivity contribution in [1.29, 1.82) is 0 Å². The lowest BCUT2D eigenvalue weighted by Crippen LogP contribution is -2.14. The van der Waals surface area contributed by atoms with Crippen LogP contribution in [0.3, 0.4) is 0 Å². The first kappa shape index (κ1) is 15.0. The third kappa shape index (κ3) is 3.56. The van der Waals surface area contributed by atoms with Gasteiger partial charge in [-0.3, -0.25) is 10.1 Å². The first-order chi connectivity index (χ1) is 9.59. The van der Waals surface area contributed by atoms with Crippen LogP contribution in [-0.4, -0.2) is 4.92 Å². The zero-order valence-corrected chi connectivity index (χ0v) is 12.8. The molecule has 0 bridgehead atoms. The summed E-state index contributed by atoms with van der Waals surface area (Å²) in [5.41, 5.74) is 1.63. The Balaban J connectivity index is 2.08. The van der Waals surface area contributed by atoms with Gasteiger partial charge in [-0.2, -0.15) is 0 Å². The summed E-state index contributed by atoms with van der Waals surface area (Å²) in [6.07, 6.45) is 0. The van der Waals surface area contributed by atoms with E-state index in [-0.39, 0.29) is 5.69 Å². The lowest BCUT2D eigenvalue weighted by molar-refractivity contribution is -0.385. The Morgan fingerprint density at radius 1 is 1.15 bits per heavy atom. The summed E-state index contributed by atoms with van der Waals surface area (Å²) < 4.78 is 1.00. The van der Waals surface area contributed by atoms with Gasteiger partial charge in [-0.1, -0.05) is 51.8 Å². The number of hydrogen-bond acceptors (Lipinski definition) is 3. The van der Waals surface area contributed by atoms with Crippen LogP contribution in [0.25, 0.3) is 0 Å². The molecule has 0 spiro atoms. The first-order valence-electron chi connectivity index (χ1n) is 5.95. The van der Waals surface area contributed by atoms with E-state index in [9.17, 15) is 10.1 Å². The minimum absolute atomic E-state index is 0.0390. The Hall–Kier alpha value is -1.43. The Bertz CT molecular complexity index is 634. The highest BCUT2D eigenvalue weighted by atomic mass is 79.9. The van der Waals surface area contributed by atoms with Crippen molar-refractivity contribution in [2.24, 2.45) is 0 Å². The molecule has 0 aromatic heterocycles. The predicted molar refractivity (Wildman–Crippen MR) is 82.8 cm³/mol. The molecule has 0 aliphatic rings.